The van der Waals surface area contributed by atoms with E-state index in [1.54, 1.807) is 0 Å². The van der Waals surface area contributed by atoms with Gasteiger partial charge in [-0.2, -0.15) is 0 Å². The maximum Gasteiger partial charge on any atom is 0.472 e. The van der Waals surface area contributed by atoms with Crippen LogP contribution in [0.15, 0.2) is 146 Å². The number of phosphoric acid groups is 1. The lowest BCUT2D eigenvalue weighted by Crippen LogP contribution is -2.37. The number of carbonyl (C=O) groups is 2. The van der Waals surface area contributed by atoms with Crippen molar-refractivity contribution in [1.29, 1.82) is 0 Å². The van der Waals surface area contributed by atoms with E-state index >= 15 is 0 Å². The third kappa shape index (κ3) is 67.0. The van der Waals surface area contributed by atoms with Crippen LogP contribution in [0, 0.1) is 0 Å². The number of likely N-dealkylation sites (N-methyl/N-ethyl adjacent to an activating group) is 1. The second-order valence-corrected chi connectivity index (χ2v) is 24.6. The van der Waals surface area contributed by atoms with E-state index in [4.69, 9.17) is 18.5 Å². The van der Waals surface area contributed by atoms with Gasteiger partial charge in [-0.05, 0) is 122 Å². The van der Waals surface area contributed by atoms with Crippen LogP contribution >= 0.6 is 7.82 Å². The zero-order valence-corrected chi connectivity index (χ0v) is 55.2. The van der Waals surface area contributed by atoms with E-state index in [1.807, 2.05) is 21.1 Å². The smallest absolute Gasteiger partial charge is 0.462 e. The maximum absolute atomic E-state index is 12.9. The van der Waals surface area contributed by atoms with Gasteiger partial charge in [0, 0.05) is 12.8 Å². The molecule has 0 aliphatic heterocycles. The lowest BCUT2D eigenvalue weighted by atomic mass is 10.1. The number of carbonyl (C=O) groups excluding carboxylic acids is 2. The summed E-state index contributed by atoms with van der Waals surface area (Å²) < 4.78 is 34.7. The number of rotatable bonds is 60. The molecular formula is C74H125NO8P+. The summed E-state index contributed by atoms with van der Waals surface area (Å²) in [5.41, 5.74) is 0. The van der Waals surface area contributed by atoms with Gasteiger partial charge in [-0.3, -0.25) is 18.6 Å². The summed E-state index contributed by atoms with van der Waals surface area (Å²) in [5, 5.41) is 0. The standard InChI is InChI=1S/C74H124NO8P/c1-6-8-10-12-14-16-18-20-22-24-26-28-30-31-32-33-34-35-36-37-38-39-40-41-42-43-45-47-49-51-53-55-57-59-61-63-65-67-74(77)83-72(71-82-84(78,79)81-69-68-75(3,4)5)70-80-73(76)66-64-62-60-58-56-54-52-50-48-46-44-29-27-25-23-21-19-17-15-13-11-9-7-2/h8,10,14,16,19-22,25-28,31-32,34-35,37-38,40-41,43-46,72H,6-7,9,11-13,15,17-18,23-24,29-30,33,36,39,42,47-71H2,1-5H3/p+1/b10-8-,16-14-,21-19-,22-20-,27-25-,28-26-,32-31-,35-34-,38-37-,41-40-,45-43-,46-44-. The van der Waals surface area contributed by atoms with Crippen molar-refractivity contribution in [3.63, 3.8) is 0 Å². The molecular weight excluding hydrogens is 1060 g/mol. The molecule has 478 valence electrons. The quantitative estimate of drug-likeness (QED) is 0.0211. The first-order valence-electron chi connectivity index (χ1n) is 33.6. The number of phosphoric ester groups is 1. The Hall–Kier alpha value is -4.11. The monoisotopic (exact) mass is 1190 g/mol. The van der Waals surface area contributed by atoms with E-state index in [0.29, 0.717) is 17.4 Å². The van der Waals surface area contributed by atoms with Gasteiger partial charge in [0.1, 0.15) is 19.8 Å². The molecule has 84 heavy (non-hydrogen) atoms. The van der Waals surface area contributed by atoms with Crippen molar-refractivity contribution >= 4 is 19.8 Å². The predicted molar refractivity (Wildman–Crippen MR) is 362 cm³/mol. The number of hydrogen-bond donors (Lipinski definition) is 1. The van der Waals surface area contributed by atoms with Crippen molar-refractivity contribution in [3.8, 4) is 0 Å². The molecule has 0 saturated heterocycles. The Balaban J connectivity index is 4.15. The highest BCUT2D eigenvalue weighted by molar-refractivity contribution is 7.47. The van der Waals surface area contributed by atoms with Crippen LogP contribution in [0.1, 0.15) is 258 Å². The summed E-state index contributed by atoms with van der Waals surface area (Å²) in [6, 6.07) is 0. The van der Waals surface area contributed by atoms with Gasteiger partial charge in [-0.25, -0.2) is 4.57 Å². The van der Waals surface area contributed by atoms with Crippen LogP contribution in [0.25, 0.3) is 0 Å². The topological polar surface area (TPSA) is 108 Å². The van der Waals surface area contributed by atoms with Crippen LogP contribution in [0.3, 0.4) is 0 Å². The molecule has 1 N–H and O–H groups in total. The number of allylic oxidation sites excluding steroid dienone is 24. The van der Waals surface area contributed by atoms with E-state index in [-0.39, 0.29) is 32.0 Å². The molecule has 0 heterocycles. The zero-order chi connectivity index (χ0) is 61.2. The molecule has 0 spiro atoms. The minimum Gasteiger partial charge on any atom is -0.462 e. The average molecular weight is 1190 g/mol. The van der Waals surface area contributed by atoms with Gasteiger partial charge in [0.15, 0.2) is 6.10 Å². The molecule has 2 atom stereocenters. The highest BCUT2D eigenvalue weighted by Crippen LogP contribution is 2.43. The van der Waals surface area contributed by atoms with Crippen LogP contribution in [-0.2, 0) is 32.7 Å². The van der Waals surface area contributed by atoms with Crippen molar-refractivity contribution in [1.82, 2.24) is 0 Å². The Bertz CT molecular complexity index is 1930. The third-order valence-electron chi connectivity index (χ3n) is 13.9. The summed E-state index contributed by atoms with van der Waals surface area (Å²) in [5.74, 6) is -0.819. The fourth-order valence-electron chi connectivity index (χ4n) is 8.72. The molecule has 0 saturated carbocycles. The number of nitrogens with zero attached hydrogens (tertiary/aromatic N) is 1. The van der Waals surface area contributed by atoms with E-state index in [2.05, 4.69) is 160 Å². The Morgan fingerprint density at radius 1 is 0.381 bits per heavy atom. The summed E-state index contributed by atoms with van der Waals surface area (Å²) in [6.45, 7) is 4.29. The first-order valence-corrected chi connectivity index (χ1v) is 35.1. The second kappa shape index (κ2) is 63.4. The summed E-state index contributed by atoms with van der Waals surface area (Å²) in [6.07, 6.45) is 93.6. The van der Waals surface area contributed by atoms with Crippen LogP contribution in [-0.4, -0.2) is 74.9 Å². The highest BCUT2D eigenvalue weighted by Gasteiger charge is 2.27. The molecule has 0 aliphatic carbocycles. The van der Waals surface area contributed by atoms with Gasteiger partial charge < -0.3 is 18.9 Å². The Kier molecular flexibility index (Phi) is 60.3. The van der Waals surface area contributed by atoms with Crippen LogP contribution < -0.4 is 0 Å². The number of ether oxygens (including phenoxy) is 2. The van der Waals surface area contributed by atoms with Crippen LogP contribution in [0.2, 0.25) is 0 Å². The minimum absolute atomic E-state index is 0.0219. The zero-order valence-electron chi connectivity index (χ0n) is 54.3. The predicted octanol–water partition coefficient (Wildman–Crippen LogP) is 21.8. The van der Waals surface area contributed by atoms with E-state index < -0.39 is 26.5 Å². The third-order valence-corrected chi connectivity index (χ3v) is 14.8. The lowest BCUT2D eigenvalue weighted by molar-refractivity contribution is -0.870. The van der Waals surface area contributed by atoms with Gasteiger partial charge in [0.05, 0.1) is 27.7 Å². The van der Waals surface area contributed by atoms with Crippen molar-refractivity contribution in [3.05, 3.63) is 146 Å². The molecule has 9 nitrogen and oxygen atoms in total. The van der Waals surface area contributed by atoms with E-state index in [0.717, 1.165) is 128 Å². The van der Waals surface area contributed by atoms with E-state index in [1.165, 1.54) is 96.3 Å². The molecule has 0 aromatic rings. The van der Waals surface area contributed by atoms with Gasteiger partial charge in [-0.1, -0.05) is 269 Å². The lowest BCUT2D eigenvalue weighted by Gasteiger charge is -2.24. The van der Waals surface area contributed by atoms with E-state index in [9.17, 15) is 19.0 Å². The maximum atomic E-state index is 12.9. The van der Waals surface area contributed by atoms with Crippen molar-refractivity contribution in [2.75, 3.05) is 47.5 Å². The number of hydrogen-bond acceptors (Lipinski definition) is 7. The van der Waals surface area contributed by atoms with Crippen LogP contribution in [0.4, 0.5) is 0 Å². The Morgan fingerprint density at radius 2 is 0.679 bits per heavy atom. The minimum atomic E-state index is -4.40. The number of quaternary nitrogens is 1. The molecule has 10 heteroatoms. The second-order valence-electron chi connectivity index (χ2n) is 23.1. The molecule has 0 amide bonds. The first-order chi connectivity index (χ1) is 41.0. The van der Waals surface area contributed by atoms with Gasteiger partial charge in [-0.15, -0.1) is 0 Å². The van der Waals surface area contributed by atoms with Gasteiger partial charge >= 0.3 is 19.8 Å². The molecule has 0 radical (unpaired) electrons. The highest BCUT2D eigenvalue weighted by atomic mass is 31.2. The largest absolute Gasteiger partial charge is 0.472 e. The molecule has 2 unspecified atom stereocenters. The molecule has 0 aromatic heterocycles. The number of unbranched alkanes of at least 4 members (excludes halogenated alkanes) is 22. The Labute approximate surface area is 516 Å². The SMILES string of the molecule is CC/C=C\C/C=C\C/C=C\C/C=C\C/C=C\C/C=C\C/C=C\C/C=C\C/C=C\CCCCCCCCCCCC(=O)OC(COC(=O)CCCCCCCCCC/C=C\C/C=C\C/C=C\CCCCCCC)COP(=O)(O)OCC[N+](C)(C)C. The van der Waals surface area contributed by atoms with Gasteiger partial charge in [0.2, 0.25) is 0 Å². The van der Waals surface area contributed by atoms with Crippen molar-refractivity contribution in [2.24, 2.45) is 0 Å². The molecule has 0 aliphatic rings. The fourth-order valence-corrected chi connectivity index (χ4v) is 9.46. The average Bonchev–Trinajstić information content (AvgIpc) is 3.61. The summed E-state index contributed by atoms with van der Waals surface area (Å²) in [7, 11) is 1.45. The Morgan fingerprint density at radius 3 is 1.01 bits per heavy atom. The van der Waals surface area contributed by atoms with Crippen LogP contribution in [0.5, 0.6) is 0 Å². The summed E-state index contributed by atoms with van der Waals surface area (Å²) in [4.78, 5) is 35.8. The normalized spacial score (nSPS) is 14.1. The van der Waals surface area contributed by atoms with Crippen molar-refractivity contribution in [2.45, 2.75) is 264 Å². The molecule has 0 rings (SSSR count). The van der Waals surface area contributed by atoms with Gasteiger partial charge in [0.25, 0.3) is 0 Å². The molecule has 0 aromatic carbocycles. The molecule has 0 fully saturated rings. The first kappa shape index (κ1) is 79.9. The fraction of sp³-hybridized carbons (Fsp3) is 0.649. The number of esters is 2. The molecule has 0 bridgehead atoms. The van der Waals surface area contributed by atoms with Crippen molar-refractivity contribution < 1.29 is 42.1 Å². The summed E-state index contributed by atoms with van der Waals surface area (Å²) >= 11 is 0.